The maximum absolute atomic E-state index is 12.1. The summed E-state index contributed by atoms with van der Waals surface area (Å²) in [6, 6.07) is 7.56. The monoisotopic (exact) mass is 432 g/mol. The van der Waals surface area contributed by atoms with Crippen molar-refractivity contribution in [3.63, 3.8) is 0 Å². The first-order chi connectivity index (χ1) is 14.2. The fourth-order valence-corrected chi connectivity index (χ4v) is 2.72. The standard InChI is InChI=1S/C21H25ClN4O4/c1-5-26(11-15-10-16(22)6-8-18(15)30-12-13(2)3)19-9-7-17(24-25-19)20(27)23-14(4)21(28)29/h6-10,14H,2,5,11-12H2,1,3-4H3,(H,23,27)(H,28,29). The fourth-order valence-electron chi connectivity index (χ4n) is 2.52. The van der Waals surface area contributed by atoms with Gasteiger partial charge in [-0.15, -0.1) is 10.2 Å². The topological polar surface area (TPSA) is 105 Å². The van der Waals surface area contributed by atoms with Gasteiger partial charge in [-0.25, -0.2) is 0 Å². The van der Waals surface area contributed by atoms with Gasteiger partial charge in [-0.2, -0.15) is 0 Å². The van der Waals surface area contributed by atoms with Crippen LogP contribution >= 0.6 is 11.6 Å². The number of ether oxygens (including phenoxy) is 1. The van der Waals surface area contributed by atoms with E-state index in [0.29, 0.717) is 36.3 Å². The Hall–Kier alpha value is -3.13. The molecule has 0 saturated heterocycles. The predicted octanol–water partition coefficient (Wildman–Crippen LogP) is 3.31. The molecule has 1 heterocycles. The molecule has 0 fully saturated rings. The van der Waals surface area contributed by atoms with Crippen molar-refractivity contribution in [2.75, 3.05) is 18.1 Å². The summed E-state index contributed by atoms with van der Waals surface area (Å²) in [5.74, 6) is -0.466. The highest BCUT2D eigenvalue weighted by molar-refractivity contribution is 6.30. The molecule has 2 rings (SSSR count). The number of anilines is 1. The number of aliphatic carboxylic acids is 1. The van der Waals surface area contributed by atoms with Crippen molar-refractivity contribution in [2.45, 2.75) is 33.4 Å². The van der Waals surface area contributed by atoms with E-state index in [9.17, 15) is 9.59 Å². The molecular formula is C21H25ClN4O4. The van der Waals surface area contributed by atoms with Gasteiger partial charge >= 0.3 is 5.97 Å². The van der Waals surface area contributed by atoms with Gasteiger partial charge in [-0.1, -0.05) is 18.2 Å². The van der Waals surface area contributed by atoms with Crippen molar-refractivity contribution in [3.05, 3.63) is 58.8 Å². The number of carbonyl (C=O) groups excluding carboxylic acids is 1. The van der Waals surface area contributed by atoms with Crippen LogP contribution in [0.15, 0.2) is 42.5 Å². The van der Waals surface area contributed by atoms with Crippen molar-refractivity contribution in [1.82, 2.24) is 15.5 Å². The lowest BCUT2D eigenvalue weighted by molar-refractivity contribution is -0.138. The molecular weight excluding hydrogens is 408 g/mol. The number of carboxylic acid groups (broad SMARTS) is 1. The number of nitrogens with one attached hydrogen (secondary N) is 1. The van der Waals surface area contributed by atoms with Crippen molar-refractivity contribution in [1.29, 1.82) is 0 Å². The van der Waals surface area contributed by atoms with Crippen molar-refractivity contribution < 1.29 is 19.4 Å². The normalized spacial score (nSPS) is 11.5. The molecule has 9 heteroatoms. The zero-order valence-corrected chi connectivity index (χ0v) is 17.9. The molecule has 1 aromatic carbocycles. The minimum atomic E-state index is -1.13. The summed E-state index contributed by atoms with van der Waals surface area (Å²) in [6.07, 6.45) is 0. The Morgan fingerprint density at radius 1 is 1.30 bits per heavy atom. The first-order valence-electron chi connectivity index (χ1n) is 9.39. The van der Waals surface area contributed by atoms with Gasteiger partial charge in [0, 0.05) is 23.7 Å². The van der Waals surface area contributed by atoms with Gasteiger partial charge in [0.15, 0.2) is 11.5 Å². The van der Waals surface area contributed by atoms with Crippen LogP contribution in [0.1, 0.15) is 36.8 Å². The number of hydrogen-bond donors (Lipinski definition) is 2. The van der Waals surface area contributed by atoms with Gasteiger partial charge in [0.05, 0.1) is 0 Å². The van der Waals surface area contributed by atoms with Crippen LogP contribution in [0.2, 0.25) is 5.02 Å². The van der Waals surface area contributed by atoms with Gasteiger partial charge in [0.25, 0.3) is 5.91 Å². The third-order valence-corrected chi connectivity index (χ3v) is 4.40. The second-order valence-electron chi connectivity index (χ2n) is 6.82. The highest BCUT2D eigenvalue weighted by Crippen LogP contribution is 2.26. The van der Waals surface area contributed by atoms with Crippen LogP contribution in [0, 0.1) is 0 Å². The smallest absolute Gasteiger partial charge is 0.325 e. The number of amides is 1. The summed E-state index contributed by atoms with van der Waals surface area (Å²) in [4.78, 5) is 24.9. The maximum atomic E-state index is 12.1. The summed E-state index contributed by atoms with van der Waals surface area (Å²) in [7, 11) is 0. The Kier molecular flexibility index (Phi) is 8.17. The molecule has 1 amide bonds. The van der Waals surface area contributed by atoms with Gasteiger partial charge in [-0.3, -0.25) is 9.59 Å². The highest BCUT2D eigenvalue weighted by atomic mass is 35.5. The Morgan fingerprint density at radius 2 is 2.03 bits per heavy atom. The van der Waals surface area contributed by atoms with E-state index >= 15 is 0 Å². The first kappa shape index (κ1) is 23.2. The summed E-state index contributed by atoms with van der Waals surface area (Å²) >= 11 is 6.17. The number of hydrogen-bond acceptors (Lipinski definition) is 6. The van der Waals surface area contributed by atoms with Gasteiger partial charge in [0.2, 0.25) is 0 Å². The SMILES string of the molecule is C=C(C)COc1ccc(Cl)cc1CN(CC)c1ccc(C(=O)NC(C)C(=O)O)nn1. The molecule has 0 aliphatic heterocycles. The summed E-state index contributed by atoms with van der Waals surface area (Å²) < 4.78 is 5.82. The highest BCUT2D eigenvalue weighted by Gasteiger charge is 2.18. The largest absolute Gasteiger partial charge is 0.489 e. The van der Waals surface area contributed by atoms with Gasteiger partial charge < -0.3 is 20.1 Å². The molecule has 1 atom stereocenters. The minimum Gasteiger partial charge on any atom is -0.489 e. The van der Waals surface area contributed by atoms with E-state index in [1.54, 1.807) is 12.1 Å². The number of rotatable bonds is 10. The van der Waals surface area contributed by atoms with E-state index in [1.165, 1.54) is 13.0 Å². The van der Waals surface area contributed by atoms with Crippen molar-refractivity contribution in [3.8, 4) is 5.75 Å². The maximum Gasteiger partial charge on any atom is 0.325 e. The summed E-state index contributed by atoms with van der Waals surface area (Å²) in [5, 5.41) is 19.9. The zero-order chi connectivity index (χ0) is 22.3. The molecule has 0 bridgehead atoms. The second-order valence-corrected chi connectivity index (χ2v) is 7.26. The summed E-state index contributed by atoms with van der Waals surface area (Å²) in [6.45, 7) is 10.6. The summed E-state index contributed by atoms with van der Waals surface area (Å²) in [5.41, 5.74) is 1.82. The van der Waals surface area contributed by atoms with E-state index in [-0.39, 0.29) is 5.69 Å². The van der Waals surface area contributed by atoms with Crippen LogP contribution in [0.3, 0.4) is 0 Å². The molecule has 1 aromatic heterocycles. The average Bonchev–Trinajstić information content (AvgIpc) is 2.71. The molecule has 0 aliphatic rings. The number of carboxylic acids is 1. The third-order valence-electron chi connectivity index (χ3n) is 4.16. The molecule has 160 valence electrons. The van der Waals surface area contributed by atoms with Crippen molar-refractivity contribution >= 4 is 29.3 Å². The quantitative estimate of drug-likeness (QED) is 0.555. The number of nitrogens with zero attached hydrogens (tertiary/aromatic N) is 3. The molecule has 0 saturated carbocycles. The molecule has 2 N–H and O–H groups in total. The van der Waals surface area contributed by atoms with Crippen LogP contribution < -0.4 is 15.0 Å². The van der Waals surface area contributed by atoms with E-state index < -0.39 is 17.9 Å². The lowest BCUT2D eigenvalue weighted by Crippen LogP contribution is -2.38. The van der Waals surface area contributed by atoms with Crippen LogP contribution in [-0.2, 0) is 11.3 Å². The van der Waals surface area contributed by atoms with Crippen LogP contribution in [0.4, 0.5) is 5.82 Å². The number of aromatic nitrogens is 2. The zero-order valence-electron chi connectivity index (χ0n) is 17.2. The van der Waals surface area contributed by atoms with Crippen LogP contribution in [-0.4, -0.2) is 46.4 Å². The predicted molar refractivity (Wildman–Crippen MR) is 115 cm³/mol. The Balaban J connectivity index is 2.17. The minimum absolute atomic E-state index is 0.0381. The third kappa shape index (κ3) is 6.45. The van der Waals surface area contributed by atoms with Crippen LogP contribution in [0.5, 0.6) is 5.75 Å². The molecule has 8 nitrogen and oxygen atoms in total. The van der Waals surface area contributed by atoms with Crippen LogP contribution in [0.25, 0.3) is 0 Å². The average molecular weight is 433 g/mol. The molecule has 0 spiro atoms. The van der Waals surface area contributed by atoms with Crippen molar-refractivity contribution in [2.24, 2.45) is 0 Å². The Bertz CT molecular complexity index is 918. The van der Waals surface area contributed by atoms with E-state index in [2.05, 4.69) is 22.1 Å². The van der Waals surface area contributed by atoms with E-state index in [1.807, 2.05) is 30.9 Å². The van der Waals surface area contributed by atoms with E-state index in [0.717, 1.165) is 11.1 Å². The Labute approximate surface area is 180 Å². The molecule has 2 aromatic rings. The first-order valence-corrected chi connectivity index (χ1v) is 9.77. The molecule has 0 aliphatic carbocycles. The lowest BCUT2D eigenvalue weighted by atomic mass is 10.2. The fraction of sp³-hybridized carbons (Fsp3) is 0.333. The lowest BCUT2D eigenvalue weighted by Gasteiger charge is -2.23. The molecule has 1 unspecified atom stereocenters. The number of benzene rings is 1. The molecule has 30 heavy (non-hydrogen) atoms. The van der Waals surface area contributed by atoms with Gasteiger partial charge in [0.1, 0.15) is 18.4 Å². The van der Waals surface area contributed by atoms with E-state index in [4.69, 9.17) is 21.4 Å². The number of halogens is 1. The second kappa shape index (κ2) is 10.6. The Morgan fingerprint density at radius 3 is 2.60 bits per heavy atom. The molecule has 0 radical (unpaired) electrons. The van der Waals surface area contributed by atoms with Gasteiger partial charge in [-0.05, 0) is 56.7 Å². The number of carbonyl (C=O) groups is 2.